The molecule has 31 heavy (non-hydrogen) atoms. The number of nitrogens with zero attached hydrogens (tertiary/aromatic N) is 2. The lowest BCUT2D eigenvalue weighted by atomic mass is 9.74. The maximum Gasteiger partial charge on any atom is 0.264 e. The van der Waals surface area contributed by atoms with Gasteiger partial charge in [-0.15, -0.1) is 0 Å². The van der Waals surface area contributed by atoms with Gasteiger partial charge in [-0.2, -0.15) is 0 Å². The Morgan fingerprint density at radius 1 is 1.10 bits per heavy atom. The molecule has 0 atom stereocenters. The van der Waals surface area contributed by atoms with E-state index in [2.05, 4.69) is 4.90 Å². The number of anilines is 1. The Balaban J connectivity index is 1.42. The van der Waals surface area contributed by atoms with E-state index in [9.17, 15) is 13.6 Å². The van der Waals surface area contributed by atoms with Gasteiger partial charge in [0.2, 0.25) is 0 Å². The van der Waals surface area contributed by atoms with Crippen LogP contribution in [-0.2, 0) is 14.9 Å². The molecule has 2 fully saturated rings. The second kappa shape index (κ2) is 8.13. The first-order chi connectivity index (χ1) is 15.0. The number of benzene rings is 2. The molecule has 164 valence electrons. The van der Waals surface area contributed by atoms with Crippen LogP contribution in [0.5, 0.6) is 0 Å². The normalized spacial score (nSPS) is 21.1. The van der Waals surface area contributed by atoms with Crippen LogP contribution in [0.15, 0.2) is 36.4 Å². The van der Waals surface area contributed by atoms with Crippen LogP contribution in [0.4, 0.5) is 14.5 Å². The molecular weight excluding hydrogens is 426 g/mol. The summed E-state index contributed by atoms with van der Waals surface area (Å²) in [6.45, 7) is 3.95. The fourth-order valence-electron chi connectivity index (χ4n) is 4.97. The molecule has 1 amide bonds. The number of piperidine rings is 1. The third-order valence-corrected chi connectivity index (χ3v) is 6.85. The molecule has 5 rings (SSSR count). The van der Waals surface area contributed by atoms with Crippen LogP contribution < -0.4 is 4.90 Å². The minimum absolute atomic E-state index is 0.193. The average molecular weight is 449 g/mol. The summed E-state index contributed by atoms with van der Waals surface area (Å²) in [5, 5.41) is 0.583. The zero-order chi connectivity index (χ0) is 21.6. The zero-order valence-electron chi connectivity index (χ0n) is 17.0. The number of carbonyl (C=O) groups is 1. The Bertz CT molecular complexity index is 984. The fourth-order valence-corrected chi connectivity index (χ4v) is 5.15. The Morgan fingerprint density at radius 3 is 2.45 bits per heavy atom. The lowest BCUT2D eigenvalue weighted by Gasteiger charge is -2.40. The summed E-state index contributed by atoms with van der Waals surface area (Å²) in [5.41, 5.74) is 0.824. The van der Waals surface area contributed by atoms with Gasteiger partial charge in [0.15, 0.2) is 6.29 Å². The van der Waals surface area contributed by atoms with E-state index in [0.29, 0.717) is 37.0 Å². The number of hydrogen-bond acceptors (Lipinski definition) is 4. The minimum atomic E-state index is -0.854. The van der Waals surface area contributed by atoms with Crippen LogP contribution in [0.25, 0.3) is 0 Å². The number of halogens is 3. The number of rotatable bonds is 3. The first-order valence-electron chi connectivity index (χ1n) is 10.5. The molecule has 3 heterocycles. The quantitative estimate of drug-likeness (QED) is 0.712. The van der Waals surface area contributed by atoms with E-state index in [1.807, 2.05) is 6.07 Å². The van der Waals surface area contributed by atoms with E-state index in [1.54, 1.807) is 12.1 Å². The van der Waals surface area contributed by atoms with E-state index < -0.39 is 23.1 Å². The minimum Gasteiger partial charge on any atom is -0.349 e. The zero-order valence-corrected chi connectivity index (χ0v) is 17.7. The lowest BCUT2D eigenvalue weighted by molar-refractivity contribution is -0.0667. The van der Waals surface area contributed by atoms with Crippen molar-refractivity contribution in [1.29, 1.82) is 0 Å². The second-order valence-corrected chi connectivity index (χ2v) is 8.84. The van der Waals surface area contributed by atoms with Gasteiger partial charge in [0.05, 0.1) is 13.2 Å². The molecule has 0 aromatic heterocycles. The molecule has 3 aliphatic heterocycles. The van der Waals surface area contributed by atoms with Gasteiger partial charge in [-0.3, -0.25) is 9.69 Å². The Kier molecular flexibility index (Phi) is 5.46. The molecule has 1 spiro atoms. The predicted octanol–water partition coefficient (Wildman–Crippen LogP) is 3.99. The summed E-state index contributed by atoms with van der Waals surface area (Å²) in [6, 6.07) is 8.85. The molecule has 0 unspecified atom stereocenters. The average Bonchev–Trinajstić information content (AvgIpc) is 3.36. The van der Waals surface area contributed by atoms with E-state index in [-0.39, 0.29) is 11.7 Å². The van der Waals surface area contributed by atoms with Crippen molar-refractivity contribution in [3.05, 3.63) is 64.2 Å². The summed E-state index contributed by atoms with van der Waals surface area (Å²) in [7, 11) is 0. The van der Waals surface area contributed by atoms with Crippen molar-refractivity contribution in [1.82, 2.24) is 4.90 Å². The Morgan fingerprint density at radius 2 is 1.77 bits per heavy atom. The third-order valence-electron chi connectivity index (χ3n) is 6.61. The Hall–Kier alpha value is -2.06. The largest absolute Gasteiger partial charge is 0.349 e. The molecule has 2 saturated heterocycles. The van der Waals surface area contributed by atoms with Gasteiger partial charge >= 0.3 is 0 Å². The van der Waals surface area contributed by atoms with Crippen molar-refractivity contribution in [3.63, 3.8) is 0 Å². The molecule has 8 heteroatoms. The fraction of sp³-hybridized carbons (Fsp3) is 0.435. The van der Waals surface area contributed by atoms with Gasteiger partial charge in [0.1, 0.15) is 17.2 Å². The van der Waals surface area contributed by atoms with E-state index in [1.165, 1.54) is 11.0 Å². The topological polar surface area (TPSA) is 42.0 Å². The summed E-state index contributed by atoms with van der Waals surface area (Å²) >= 11 is 6.30. The number of fused-ring (bicyclic) bond motifs is 2. The molecule has 2 aromatic rings. The van der Waals surface area contributed by atoms with Crippen molar-refractivity contribution in [2.75, 3.05) is 44.3 Å². The maximum atomic E-state index is 14.3. The van der Waals surface area contributed by atoms with E-state index in [0.717, 1.165) is 43.6 Å². The van der Waals surface area contributed by atoms with E-state index in [4.69, 9.17) is 21.1 Å². The molecule has 0 radical (unpaired) electrons. The molecule has 0 aliphatic carbocycles. The summed E-state index contributed by atoms with van der Waals surface area (Å²) in [5.74, 6) is -2.37. The molecule has 0 bridgehead atoms. The van der Waals surface area contributed by atoms with Gasteiger partial charge in [-0.25, -0.2) is 8.78 Å². The SMILES string of the molecule is O=C(c1c(F)cccc1F)N1CC2(CCN(CC3OCCO3)CC2)c2cc(Cl)ccc21. The van der Waals surface area contributed by atoms with Crippen LogP contribution in [-0.4, -0.2) is 56.5 Å². The molecule has 2 aromatic carbocycles. The van der Waals surface area contributed by atoms with Crippen molar-refractivity contribution >= 4 is 23.2 Å². The van der Waals surface area contributed by atoms with Gasteiger partial charge in [0.25, 0.3) is 5.91 Å². The van der Waals surface area contributed by atoms with Gasteiger partial charge in [-0.1, -0.05) is 17.7 Å². The van der Waals surface area contributed by atoms with Crippen molar-refractivity contribution in [2.24, 2.45) is 0 Å². The smallest absolute Gasteiger partial charge is 0.264 e. The van der Waals surface area contributed by atoms with E-state index >= 15 is 0 Å². The van der Waals surface area contributed by atoms with Crippen LogP contribution >= 0.6 is 11.6 Å². The van der Waals surface area contributed by atoms with Crippen molar-refractivity contribution in [2.45, 2.75) is 24.5 Å². The molecule has 0 saturated carbocycles. The van der Waals surface area contributed by atoms with Crippen LogP contribution in [0, 0.1) is 11.6 Å². The van der Waals surface area contributed by atoms with Crippen LogP contribution in [0.1, 0.15) is 28.8 Å². The van der Waals surface area contributed by atoms with Gasteiger partial charge in [0, 0.05) is 29.2 Å². The van der Waals surface area contributed by atoms with Crippen molar-refractivity contribution in [3.8, 4) is 0 Å². The van der Waals surface area contributed by atoms with Crippen molar-refractivity contribution < 1.29 is 23.0 Å². The van der Waals surface area contributed by atoms with Gasteiger partial charge < -0.3 is 14.4 Å². The summed E-state index contributed by atoms with van der Waals surface area (Å²) in [6.07, 6.45) is 1.41. The molecule has 3 aliphatic rings. The molecule has 5 nitrogen and oxygen atoms in total. The third kappa shape index (κ3) is 3.74. The molecular formula is C23H23ClF2N2O3. The summed E-state index contributed by atoms with van der Waals surface area (Å²) in [4.78, 5) is 17.0. The highest BCUT2D eigenvalue weighted by Gasteiger charge is 2.47. The highest BCUT2D eigenvalue weighted by atomic mass is 35.5. The number of ether oxygens (including phenoxy) is 2. The van der Waals surface area contributed by atoms with Crippen LogP contribution in [0.3, 0.4) is 0 Å². The van der Waals surface area contributed by atoms with Gasteiger partial charge in [-0.05, 0) is 61.8 Å². The Labute approximate surface area is 184 Å². The second-order valence-electron chi connectivity index (χ2n) is 8.40. The molecule has 0 N–H and O–H groups in total. The highest BCUT2D eigenvalue weighted by molar-refractivity contribution is 6.30. The standard InChI is InChI=1S/C23H23ClF2N2O3/c24-15-4-5-19-16(12-15)23(6-8-27(9-7-23)13-20-30-10-11-31-20)14-28(19)22(29)21-17(25)2-1-3-18(21)26/h1-5,12,20H,6-11,13-14H2. The predicted molar refractivity (Wildman–Crippen MR) is 113 cm³/mol. The number of likely N-dealkylation sites (tertiary alicyclic amines) is 1. The monoisotopic (exact) mass is 448 g/mol. The van der Waals surface area contributed by atoms with Crippen LogP contribution in [0.2, 0.25) is 5.02 Å². The highest BCUT2D eigenvalue weighted by Crippen LogP contribution is 2.48. The first-order valence-corrected chi connectivity index (χ1v) is 10.9. The first kappa shape index (κ1) is 20.8. The number of amides is 1. The summed E-state index contributed by atoms with van der Waals surface area (Å²) < 4.78 is 39.8. The maximum absolute atomic E-state index is 14.3. The number of hydrogen-bond donors (Lipinski definition) is 0. The number of carbonyl (C=O) groups excluding carboxylic acids is 1. The lowest BCUT2D eigenvalue weighted by Crippen LogP contribution is -2.48.